The Morgan fingerprint density at radius 3 is 2.71 bits per heavy atom. The van der Waals surface area contributed by atoms with Crippen LogP contribution in [0.5, 0.6) is 5.75 Å². The number of nitrogens with one attached hydrogen (secondary N) is 1. The van der Waals surface area contributed by atoms with Crippen molar-refractivity contribution in [2.24, 2.45) is 0 Å². The zero-order valence-corrected chi connectivity index (χ0v) is 19.1. The molecule has 1 unspecified atom stereocenters. The molecule has 0 radical (unpaired) electrons. The van der Waals surface area contributed by atoms with Crippen LogP contribution >= 0.6 is 0 Å². The number of amides is 2. The van der Waals surface area contributed by atoms with Crippen LogP contribution in [0.25, 0.3) is 17.0 Å². The molecular formula is C26H24N4O4. The van der Waals surface area contributed by atoms with E-state index in [0.29, 0.717) is 34.5 Å². The van der Waals surface area contributed by atoms with Crippen LogP contribution in [0.4, 0.5) is 4.79 Å². The molecule has 8 nitrogen and oxygen atoms in total. The second-order valence-corrected chi connectivity index (χ2v) is 8.12. The van der Waals surface area contributed by atoms with Crippen LogP contribution in [-0.2, 0) is 6.54 Å². The van der Waals surface area contributed by atoms with Gasteiger partial charge in [-0.2, -0.15) is 4.98 Å². The summed E-state index contributed by atoms with van der Waals surface area (Å²) in [5.41, 5.74) is 4.22. The Kier molecular flexibility index (Phi) is 5.63. The molecule has 0 spiro atoms. The summed E-state index contributed by atoms with van der Waals surface area (Å²) < 4.78 is 16.6. The van der Waals surface area contributed by atoms with E-state index in [1.54, 1.807) is 24.3 Å². The zero-order chi connectivity index (χ0) is 23.7. The van der Waals surface area contributed by atoms with Gasteiger partial charge in [-0.1, -0.05) is 41.1 Å². The predicted octanol–water partition coefficient (Wildman–Crippen LogP) is 5.34. The largest absolute Gasteiger partial charge is 0.497 e. The fraction of sp³-hybridized carbons (Fsp3) is 0.192. The van der Waals surface area contributed by atoms with Gasteiger partial charge in [0.25, 0.3) is 5.89 Å². The Hall–Kier alpha value is -4.33. The van der Waals surface area contributed by atoms with Crippen molar-refractivity contribution in [1.29, 1.82) is 0 Å². The van der Waals surface area contributed by atoms with Crippen LogP contribution < -0.4 is 10.1 Å². The van der Waals surface area contributed by atoms with Crippen LogP contribution in [-0.4, -0.2) is 28.2 Å². The molecule has 3 heterocycles. The lowest BCUT2D eigenvalue weighted by molar-refractivity contribution is 0.199. The van der Waals surface area contributed by atoms with Gasteiger partial charge in [0.15, 0.2) is 0 Å². The number of allylic oxidation sites excluding steroid dienone is 1. The van der Waals surface area contributed by atoms with E-state index in [-0.39, 0.29) is 12.6 Å². The smallest absolute Gasteiger partial charge is 0.322 e. The Bertz CT molecular complexity index is 1360. The number of aryl methyl sites for hydroxylation is 1. The summed E-state index contributed by atoms with van der Waals surface area (Å²) >= 11 is 0. The summed E-state index contributed by atoms with van der Waals surface area (Å²) in [6, 6.07) is 18.3. The molecule has 1 aliphatic heterocycles. The standard InChI is InChI=1S/C26H24N4O4/c1-16-7-4-9-19(13-16)24-28-25(34-29-24)22-17(2)30(15-21-11-6-12-33-21)26(31)27-23(22)18-8-5-10-20(14-18)32-3/h4-14,23H,15H2,1-3H3,(H,27,31). The molecule has 34 heavy (non-hydrogen) atoms. The first-order valence-corrected chi connectivity index (χ1v) is 10.9. The van der Waals surface area contributed by atoms with E-state index in [1.165, 1.54) is 0 Å². The lowest BCUT2D eigenvalue weighted by Gasteiger charge is -2.34. The van der Waals surface area contributed by atoms with Crippen LogP contribution in [0.2, 0.25) is 0 Å². The van der Waals surface area contributed by atoms with Gasteiger partial charge in [-0.3, -0.25) is 4.90 Å². The van der Waals surface area contributed by atoms with Crippen molar-refractivity contribution < 1.29 is 18.5 Å². The van der Waals surface area contributed by atoms with Crippen LogP contribution in [0.15, 0.2) is 81.6 Å². The van der Waals surface area contributed by atoms with E-state index in [1.807, 2.05) is 68.4 Å². The first-order valence-electron chi connectivity index (χ1n) is 10.9. The average Bonchev–Trinajstić information content (AvgIpc) is 3.54. The van der Waals surface area contributed by atoms with Gasteiger partial charge in [0.05, 0.1) is 31.5 Å². The molecule has 0 aliphatic carbocycles. The van der Waals surface area contributed by atoms with Gasteiger partial charge >= 0.3 is 6.03 Å². The molecule has 1 atom stereocenters. The number of hydrogen-bond acceptors (Lipinski definition) is 6. The highest BCUT2D eigenvalue weighted by molar-refractivity contribution is 5.86. The Balaban J connectivity index is 1.61. The van der Waals surface area contributed by atoms with E-state index in [9.17, 15) is 4.79 Å². The highest BCUT2D eigenvalue weighted by atomic mass is 16.5. The normalized spacial score (nSPS) is 16.0. The molecule has 1 N–H and O–H groups in total. The lowest BCUT2D eigenvalue weighted by atomic mass is 9.94. The number of urea groups is 1. The summed E-state index contributed by atoms with van der Waals surface area (Å²) in [7, 11) is 1.61. The molecule has 1 aliphatic rings. The number of methoxy groups -OCH3 is 1. The fourth-order valence-corrected chi connectivity index (χ4v) is 4.11. The fourth-order valence-electron chi connectivity index (χ4n) is 4.11. The first kappa shape index (κ1) is 21.5. The minimum Gasteiger partial charge on any atom is -0.497 e. The SMILES string of the molecule is COc1cccc(C2NC(=O)N(Cc3ccco3)C(C)=C2c2nc(-c3cccc(C)c3)no2)c1. The summed E-state index contributed by atoms with van der Waals surface area (Å²) in [5.74, 6) is 2.18. The van der Waals surface area contributed by atoms with Crippen molar-refractivity contribution in [2.75, 3.05) is 7.11 Å². The van der Waals surface area contributed by atoms with Gasteiger partial charge in [-0.25, -0.2) is 4.79 Å². The molecule has 0 bridgehead atoms. The average molecular weight is 457 g/mol. The van der Waals surface area contributed by atoms with Gasteiger partial charge in [0, 0.05) is 11.3 Å². The highest BCUT2D eigenvalue weighted by Gasteiger charge is 2.36. The van der Waals surface area contributed by atoms with E-state index in [0.717, 1.165) is 16.7 Å². The van der Waals surface area contributed by atoms with Crippen molar-refractivity contribution in [3.05, 3.63) is 95.4 Å². The van der Waals surface area contributed by atoms with Crippen LogP contribution in [0.3, 0.4) is 0 Å². The van der Waals surface area contributed by atoms with E-state index < -0.39 is 6.04 Å². The number of ether oxygens (including phenoxy) is 1. The molecule has 2 aromatic carbocycles. The van der Waals surface area contributed by atoms with Crippen LogP contribution in [0, 0.1) is 6.92 Å². The monoisotopic (exact) mass is 456 g/mol. The molecule has 0 saturated heterocycles. The maximum Gasteiger partial charge on any atom is 0.322 e. The van der Waals surface area contributed by atoms with Crippen LogP contribution in [0.1, 0.15) is 35.7 Å². The molecule has 5 rings (SSSR count). The van der Waals surface area contributed by atoms with Gasteiger partial charge < -0.3 is 19.0 Å². The third-order valence-electron chi connectivity index (χ3n) is 5.85. The van der Waals surface area contributed by atoms with Gasteiger partial charge in [-0.05, 0) is 49.7 Å². The maximum absolute atomic E-state index is 13.2. The number of carbonyl (C=O) groups excluding carboxylic acids is 1. The third-order valence-corrected chi connectivity index (χ3v) is 5.85. The highest BCUT2D eigenvalue weighted by Crippen LogP contribution is 2.38. The van der Waals surface area contributed by atoms with Gasteiger partial charge in [0.1, 0.15) is 11.5 Å². The molecule has 8 heteroatoms. The second-order valence-electron chi connectivity index (χ2n) is 8.12. The Morgan fingerprint density at radius 1 is 1.09 bits per heavy atom. The maximum atomic E-state index is 13.2. The minimum absolute atomic E-state index is 0.246. The van der Waals surface area contributed by atoms with E-state index in [2.05, 4.69) is 10.5 Å². The Labute approximate surface area is 196 Å². The second kappa shape index (κ2) is 8.90. The van der Waals surface area contributed by atoms with Crippen molar-refractivity contribution in [2.45, 2.75) is 26.4 Å². The minimum atomic E-state index is -0.499. The van der Waals surface area contributed by atoms with Crippen molar-refractivity contribution >= 4 is 11.6 Å². The molecule has 4 aromatic rings. The number of hydrogen-bond donors (Lipinski definition) is 1. The zero-order valence-electron chi connectivity index (χ0n) is 19.1. The quantitative estimate of drug-likeness (QED) is 0.421. The molecular weight excluding hydrogens is 432 g/mol. The third kappa shape index (κ3) is 4.05. The number of furan rings is 1. The first-order chi connectivity index (χ1) is 16.5. The molecule has 172 valence electrons. The Morgan fingerprint density at radius 2 is 1.94 bits per heavy atom. The topological polar surface area (TPSA) is 93.6 Å². The van der Waals surface area contributed by atoms with E-state index in [4.69, 9.17) is 18.7 Å². The molecule has 2 aromatic heterocycles. The predicted molar refractivity (Wildman–Crippen MR) is 126 cm³/mol. The van der Waals surface area contributed by atoms with Gasteiger partial charge in [-0.15, -0.1) is 0 Å². The summed E-state index contributed by atoms with van der Waals surface area (Å²) in [5, 5.41) is 7.31. The number of nitrogens with zero attached hydrogens (tertiary/aromatic N) is 3. The number of aromatic nitrogens is 2. The van der Waals surface area contributed by atoms with Crippen molar-refractivity contribution in [3.63, 3.8) is 0 Å². The van der Waals surface area contributed by atoms with Crippen molar-refractivity contribution in [3.8, 4) is 17.1 Å². The van der Waals surface area contributed by atoms with Gasteiger partial charge in [0.2, 0.25) is 5.82 Å². The molecule has 2 amide bonds. The summed E-state index contributed by atoms with van der Waals surface area (Å²) in [6.45, 7) is 4.16. The summed E-state index contributed by atoms with van der Waals surface area (Å²) in [6.07, 6.45) is 1.59. The number of benzene rings is 2. The van der Waals surface area contributed by atoms with E-state index >= 15 is 0 Å². The van der Waals surface area contributed by atoms with Crippen molar-refractivity contribution in [1.82, 2.24) is 20.4 Å². The number of carbonyl (C=O) groups is 1. The molecule has 0 saturated carbocycles. The summed E-state index contributed by atoms with van der Waals surface area (Å²) in [4.78, 5) is 19.5. The molecule has 0 fully saturated rings. The number of rotatable bonds is 6. The lowest BCUT2D eigenvalue weighted by Crippen LogP contribution is -2.45.